The number of terminal acetylenes is 1. The third-order valence-electron chi connectivity index (χ3n) is 2.67. The first kappa shape index (κ1) is 15.5. The molecule has 1 rings (SSSR count). The number of carbonyl (C=O) groups excluding carboxylic acids is 1. The second-order valence-electron chi connectivity index (χ2n) is 4.28. The summed E-state index contributed by atoms with van der Waals surface area (Å²) in [5.41, 5.74) is 6.18. The van der Waals surface area contributed by atoms with Crippen LogP contribution in [-0.2, 0) is 16.0 Å². The molecule has 0 saturated heterocycles. The molecule has 0 spiro atoms. The van der Waals surface area contributed by atoms with Gasteiger partial charge in [0, 0.05) is 12.8 Å². The van der Waals surface area contributed by atoms with Crippen LogP contribution in [0, 0.1) is 12.3 Å². The summed E-state index contributed by atoms with van der Waals surface area (Å²) in [6.07, 6.45) is 5.17. The number of amides is 1. The van der Waals surface area contributed by atoms with Crippen molar-refractivity contribution in [3.63, 3.8) is 0 Å². The van der Waals surface area contributed by atoms with Crippen molar-refractivity contribution in [1.82, 2.24) is 5.32 Å². The highest BCUT2D eigenvalue weighted by Crippen LogP contribution is 2.11. The Morgan fingerprint density at radius 2 is 1.95 bits per heavy atom. The Balaban J connectivity index is 2.70. The second kappa shape index (κ2) is 7.16. The number of hydrogen-bond acceptors (Lipinski definition) is 4. The predicted molar refractivity (Wildman–Crippen MR) is 72.8 cm³/mol. The highest BCUT2D eigenvalue weighted by Gasteiger charge is 2.23. The van der Waals surface area contributed by atoms with E-state index in [1.807, 2.05) is 0 Å². The van der Waals surface area contributed by atoms with Crippen molar-refractivity contribution in [2.75, 3.05) is 0 Å². The van der Waals surface area contributed by atoms with E-state index in [-0.39, 0.29) is 18.6 Å². The number of phenolic OH excluding ortho intramolecular Hbond substituents is 1. The summed E-state index contributed by atoms with van der Waals surface area (Å²) >= 11 is 0. The number of carboxylic acids is 1. The van der Waals surface area contributed by atoms with E-state index in [1.54, 1.807) is 12.1 Å². The van der Waals surface area contributed by atoms with Gasteiger partial charge in [0.25, 0.3) is 0 Å². The van der Waals surface area contributed by atoms with Gasteiger partial charge >= 0.3 is 5.97 Å². The highest BCUT2D eigenvalue weighted by atomic mass is 16.4. The molecule has 0 aliphatic rings. The molecule has 2 atom stereocenters. The maximum Gasteiger partial charge on any atom is 0.326 e. The molecule has 0 aliphatic heterocycles. The van der Waals surface area contributed by atoms with E-state index in [2.05, 4.69) is 11.2 Å². The van der Waals surface area contributed by atoms with Gasteiger partial charge in [-0.1, -0.05) is 12.1 Å². The number of nitrogens with one attached hydrogen (secondary N) is 1. The molecule has 1 unspecified atom stereocenters. The lowest BCUT2D eigenvalue weighted by Gasteiger charge is -2.17. The van der Waals surface area contributed by atoms with E-state index in [1.165, 1.54) is 12.1 Å². The van der Waals surface area contributed by atoms with E-state index in [4.69, 9.17) is 22.4 Å². The van der Waals surface area contributed by atoms with Crippen LogP contribution in [0.3, 0.4) is 0 Å². The Bertz CT molecular complexity index is 519. The van der Waals surface area contributed by atoms with E-state index >= 15 is 0 Å². The molecule has 106 valence electrons. The van der Waals surface area contributed by atoms with Crippen molar-refractivity contribution in [1.29, 1.82) is 0 Å². The summed E-state index contributed by atoms with van der Waals surface area (Å²) in [5.74, 6) is 0.560. The highest BCUT2D eigenvalue weighted by molar-refractivity contribution is 5.87. The maximum absolute atomic E-state index is 11.7. The minimum absolute atomic E-state index is 0.0391. The molecule has 0 aromatic heterocycles. The van der Waals surface area contributed by atoms with Gasteiger partial charge in [0.05, 0.1) is 6.04 Å². The number of nitrogens with two attached hydrogens (primary N) is 1. The fourth-order valence-electron chi connectivity index (χ4n) is 1.57. The fourth-order valence-corrected chi connectivity index (χ4v) is 1.57. The third kappa shape index (κ3) is 4.63. The lowest BCUT2D eigenvalue weighted by Crippen LogP contribution is -2.49. The summed E-state index contributed by atoms with van der Waals surface area (Å²) in [5, 5.41) is 20.6. The lowest BCUT2D eigenvalue weighted by molar-refractivity contribution is -0.141. The molecule has 6 heteroatoms. The summed E-state index contributed by atoms with van der Waals surface area (Å²) in [7, 11) is 0. The minimum atomic E-state index is -1.17. The molecule has 0 radical (unpaired) electrons. The number of hydrogen-bond donors (Lipinski definition) is 4. The molecular formula is C14H16N2O4. The number of aliphatic carboxylic acids is 1. The Kier molecular flexibility index (Phi) is 5.56. The van der Waals surface area contributed by atoms with Crippen molar-refractivity contribution < 1.29 is 19.8 Å². The summed E-state index contributed by atoms with van der Waals surface area (Å²) in [6.45, 7) is 0. The molecule has 0 fully saturated rings. The van der Waals surface area contributed by atoms with E-state index in [0.717, 1.165) is 0 Å². The number of phenols is 1. The van der Waals surface area contributed by atoms with E-state index in [9.17, 15) is 9.59 Å². The van der Waals surface area contributed by atoms with Crippen LogP contribution in [0.1, 0.15) is 12.0 Å². The van der Waals surface area contributed by atoms with Gasteiger partial charge in [-0.15, -0.1) is 12.3 Å². The standard InChI is InChI=1S/C14H16N2O4/c1-2-3-11(15)13(18)16-12(14(19)20)8-9-4-6-10(17)7-5-9/h1,4-7,11-12,17H,3,8,15H2,(H,16,18)(H,19,20)/t11?,12-/m0/s1. The van der Waals surface area contributed by atoms with Crippen LogP contribution in [0.15, 0.2) is 24.3 Å². The predicted octanol–water partition coefficient (Wildman–Crippen LogP) is -0.145. The van der Waals surface area contributed by atoms with Crippen LogP contribution in [0.2, 0.25) is 0 Å². The molecule has 1 amide bonds. The van der Waals surface area contributed by atoms with Gasteiger partial charge in [0.1, 0.15) is 11.8 Å². The molecule has 5 N–H and O–H groups in total. The van der Waals surface area contributed by atoms with Gasteiger partial charge in [-0.3, -0.25) is 4.79 Å². The topological polar surface area (TPSA) is 113 Å². The first-order valence-electron chi connectivity index (χ1n) is 5.94. The average molecular weight is 276 g/mol. The van der Waals surface area contributed by atoms with Crippen LogP contribution in [0.4, 0.5) is 0 Å². The smallest absolute Gasteiger partial charge is 0.326 e. The number of carbonyl (C=O) groups is 2. The molecular weight excluding hydrogens is 260 g/mol. The van der Waals surface area contributed by atoms with Crippen LogP contribution in [-0.4, -0.2) is 34.2 Å². The van der Waals surface area contributed by atoms with E-state index in [0.29, 0.717) is 5.56 Å². The van der Waals surface area contributed by atoms with Crippen molar-refractivity contribution in [2.45, 2.75) is 24.9 Å². The quantitative estimate of drug-likeness (QED) is 0.540. The Labute approximate surface area is 116 Å². The maximum atomic E-state index is 11.7. The summed E-state index contributed by atoms with van der Waals surface area (Å²) in [6, 6.07) is 4.02. The molecule has 1 aromatic carbocycles. The first-order valence-corrected chi connectivity index (χ1v) is 5.94. The van der Waals surface area contributed by atoms with Crippen molar-refractivity contribution in [3.8, 4) is 18.1 Å². The SMILES string of the molecule is C#CCC(N)C(=O)N[C@@H](Cc1ccc(O)cc1)C(=O)O. The Morgan fingerprint density at radius 1 is 1.35 bits per heavy atom. The van der Waals surface area contributed by atoms with Crippen molar-refractivity contribution >= 4 is 11.9 Å². The zero-order valence-electron chi connectivity index (χ0n) is 10.7. The van der Waals surface area contributed by atoms with Crippen LogP contribution < -0.4 is 11.1 Å². The van der Waals surface area contributed by atoms with Gasteiger partial charge in [-0.2, -0.15) is 0 Å². The second-order valence-corrected chi connectivity index (χ2v) is 4.28. The van der Waals surface area contributed by atoms with Crippen LogP contribution in [0.5, 0.6) is 5.75 Å². The average Bonchev–Trinajstić information content (AvgIpc) is 2.40. The number of benzene rings is 1. The van der Waals surface area contributed by atoms with Gasteiger partial charge in [-0.25, -0.2) is 4.79 Å². The molecule has 1 aromatic rings. The fraction of sp³-hybridized carbons (Fsp3) is 0.286. The van der Waals surface area contributed by atoms with Gasteiger partial charge < -0.3 is 21.3 Å². The molecule has 0 bridgehead atoms. The largest absolute Gasteiger partial charge is 0.508 e. The first-order chi connectivity index (χ1) is 9.43. The summed E-state index contributed by atoms with van der Waals surface area (Å²) < 4.78 is 0. The summed E-state index contributed by atoms with van der Waals surface area (Å²) in [4.78, 5) is 22.8. The Morgan fingerprint density at radius 3 is 2.45 bits per heavy atom. The normalized spacial score (nSPS) is 13.0. The lowest BCUT2D eigenvalue weighted by atomic mass is 10.1. The molecule has 6 nitrogen and oxygen atoms in total. The van der Waals surface area contributed by atoms with Crippen LogP contribution >= 0.6 is 0 Å². The number of aromatic hydroxyl groups is 1. The molecule has 20 heavy (non-hydrogen) atoms. The Hall–Kier alpha value is -2.52. The number of carboxylic acid groups (broad SMARTS) is 1. The van der Waals surface area contributed by atoms with Gasteiger partial charge in [0.15, 0.2) is 0 Å². The minimum Gasteiger partial charge on any atom is -0.508 e. The zero-order valence-corrected chi connectivity index (χ0v) is 10.7. The molecule has 0 aliphatic carbocycles. The number of rotatable bonds is 6. The monoisotopic (exact) mass is 276 g/mol. The van der Waals surface area contributed by atoms with Gasteiger partial charge in [-0.05, 0) is 17.7 Å². The van der Waals surface area contributed by atoms with Crippen molar-refractivity contribution in [2.24, 2.45) is 5.73 Å². The molecule has 0 heterocycles. The third-order valence-corrected chi connectivity index (χ3v) is 2.67. The van der Waals surface area contributed by atoms with Gasteiger partial charge in [0.2, 0.25) is 5.91 Å². The zero-order chi connectivity index (χ0) is 15.1. The molecule has 0 saturated carbocycles. The van der Waals surface area contributed by atoms with E-state index < -0.39 is 24.0 Å². The van der Waals surface area contributed by atoms with Crippen LogP contribution in [0.25, 0.3) is 0 Å². The van der Waals surface area contributed by atoms with Crippen molar-refractivity contribution in [3.05, 3.63) is 29.8 Å².